The molecule has 192 valence electrons. The van der Waals surface area contributed by atoms with Gasteiger partial charge in [-0.1, -0.05) is 31.2 Å². The highest BCUT2D eigenvalue weighted by Crippen LogP contribution is 2.37. The van der Waals surface area contributed by atoms with Crippen LogP contribution in [0.4, 0.5) is 4.39 Å². The summed E-state index contributed by atoms with van der Waals surface area (Å²) in [7, 11) is -1.98. The second kappa shape index (κ2) is 11.0. The maximum atomic E-state index is 14.5. The lowest BCUT2D eigenvalue weighted by Gasteiger charge is -2.37. The summed E-state index contributed by atoms with van der Waals surface area (Å²) in [6.07, 6.45) is 3.14. The van der Waals surface area contributed by atoms with Crippen LogP contribution in [0.25, 0.3) is 11.1 Å². The number of hydrogen-bond acceptors (Lipinski definition) is 6. The molecular weight excluding hydrogens is 481 g/mol. The van der Waals surface area contributed by atoms with E-state index in [1.807, 2.05) is 26.1 Å². The maximum absolute atomic E-state index is 14.5. The summed E-state index contributed by atoms with van der Waals surface area (Å²) in [6.45, 7) is 4.74. The van der Waals surface area contributed by atoms with Gasteiger partial charge in [0.05, 0.1) is 6.61 Å². The van der Waals surface area contributed by atoms with Crippen molar-refractivity contribution < 1.29 is 22.7 Å². The van der Waals surface area contributed by atoms with Crippen molar-refractivity contribution in [3.05, 3.63) is 78.4 Å². The second-order valence-corrected chi connectivity index (χ2v) is 11.3. The number of hydrogen-bond donors (Lipinski definition) is 1. The van der Waals surface area contributed by atoms with Gasteiger partial charge in [0, 0.05) is 49.6 Å². The van der Waals surface area contributed by atoms with Crippen LogP contribution in [0.2, 0.25) is 0 Å². The zero-order chi connectivity index (χ0) is 25.9. The van der Waals surface area contributed by atoms with Crippen LogP contribution < -0.4 is 4.74 Å². The Morgan fingerprint density at radius 3 is 2.61 bits per heavy atom. The summed E-state index contributed by atoms with van der Waals surface area (Å²) < 4.78 is 49.6. The van der Waals surface area contributed by atoms with E-state index in [0.29, 0.717) is 24.2 Å². The summed E-state index contributed by atoms with van der Waals surface area (Å²) >= 11 is 0. The van der Waals surface area contributed by atoms with Gasteiger partial charge in [-0.05, 0) is 55.4 Å². The van der Waals surface area contributed by atoms with E-state index in [1.54, 1.807) is 49.6 Å². The molecule has 2 heterocycles. The van der Waals surface area contributed by atoms with E-state index >= 15 is 0 Å². The number of rotatable bonds is 7. The first-order valence-corrected chi connectivity index (χ1v) is 13.4. The lowest BCUT2D eigenvalue weighted by atomic mass is 10.0. The van der Waals surface area contributed by atoms with Gasteiger partial charge in [0.2, 0.25) is 10.0 Å². The molecule has 0 amide bonds. The molecule has 0 aliphatic carbocycles. The van der Waals surface area contributed by atoms with Crippen LogP contribution in [0, 0.1) is 11.7 Å². The van der Waals surface area contributed by atoms with E-state index in [-0.39, 0.29) is 35.8 Å². The van der Waals surface area contributed by atoms with Crippen LogP contribution in [0.15, 0.2) is 71.9 Å². The normalized spacial score (nSPS) is 20.7. The summed E-state index contributed by atoms with van der Waals surface area (Å²) in [5, 5.41) is 9.82. The first kappa shape index (κ1) is 26.2. The van der Waals surface area contributed by atoms with Crippen LogP contribution in [-0.4, -0.2) is 66.6 Å². The number of aliphatic hydroxyl groups is 1. The van der Waals surface area contributed by atoms with Gasteiger partial charge in [0.25, 0.3) is 0 Å². The molecule has 0 unspecified atom stereocenters. The molecule has 2 aromatic carbocycles. The third-order valence-corrected chi connectivity index (χ3v) is 8.56. The van der Waals surface area contributed by atoms with Gasteiger partial charge in [-0.15, -0.1) is 0 Å². The van der Waals surface area contributed by atoms with Crippen LogP contribution in [-0.2, 0) is 16.6 Å². The smallest absolute Gasteiger partial charge is 0.247 e. The van der Waals surface area contributed by atoms with Crippen LogP contribution in [0.5, 0.6) is 5.75 Å². The zero-order valence-corrected chi connectivity index (χ0v) is 21.5. The molecule has 1 aliphatic heterocycles. The topological polar surface area (TPSA) is 83.0 Å². The Hall–Kier alpha value is -2.85. The second-order valence-electron chi connectivity index (χ2n) is 9.43. The Bertz CT molecular complexity index is 1290. The quantitative estimate of drug-likeness (QED) is 0.518. The molecule has 36 heavy (non-hydrogen) atoms. The van der Waals surface area contributed by atoms with Crippen molar-refractivity contribution in [2.75, 3.05) is 26.7 Å². The molecule has 0 saturated heterocycles. The highest BCUT2D eigenvalue weighted by molar-refractivity contribution is 7.89. The van der Waals surface area contributed by atoms with Gasteiger partial charge in [0.15, 0.2) is 0 Å². The van der Waals surface area contributed by atoms with E-state index in [1.165, 1.54) is 16.4 Å². The van der Waals surface area contributed by atoms with Gasteiger partial charge >= 0.3 is 0 Å². The SMILES string of the molecule is C[C@H](CO)N1C[C@H](C)[C@@H](CN(C)Cc2ccncc2)Oc2cc(-c3ccccc3F)ccc2S1(=O)=O. The number of sulfonamides is 1. The number of ether oxygens (including phenoxy) is 1. The summed E-state index contributed by atoms with van der Waals surface area (Å²) in [5.41, 5.74) is 2.00. The maximum Gasteiger partial charge on any atom is 0.247 e. The Morgan fingerprint density at radius 2 is 1.92 bits per heavy atom. The van der Waals surface area contributed by atoms with E-state index in [0.717, 1.165) is 5.56 Å². The number of halogens is 1. The average Bonchev–Trinajstić information content (AvgIpc) is 2.86. The predicted molar refractivity (Wildman–Crippen MR) is 136 cm³/mol. The molecule has 4 rings (SSSR count). The van der Waals surface area contributed by atoms with Crippen molar-refractivity contribution in [2.24, 2.45) is 5.92 Å². The Morgan fingerprint density at radius 1 is 1.19 bits per heavy atom. The van der Waals surface area contributed by atoms with E-state index in [2.05, 4.69) is 9.88 Å². The predicted octanol–water partition coefficient (Wildman–Crippen LogP) is 3.79. The van der Waals surface area contributed by atoms with Crippen LogP contribution in [0.3, 0.4) is 0 Å². The monoisotopic (exact) mass is 513 g/mol. The van der Waals surface area contributed by atoms with Crippen molar-refractivity contribution >= 4 is 10.0 Å². The van der Waals surface area contributed by atoms with E-state index in [4.69, 9.17) is 4.74 Å². The molecule has 1 aliphatic rings. The lowest BCUT2D eigenvalue weighted by Crippen LogP contribution is -2.49. The molecular formula is C27H32FN3O4S. The minimum absolute atomic E-state index is 0.0107. The number of aromatic nitrogens is 1. The molecule has 9 heteroatoms. The van der Waals surface area contributed by atoms with Crippen molar-refractivity contribution in [1.29, 1.82) is 0 Å². The number of pyridine rings is 1. The van der Waals surface area contributed by atoms with Crippen molar-refractivity contribution in [3.63, 3.8) is 0 Å². The molecule has 3 aromatic rings. The zero-order valence-electron chi connectivity index (χ0n) is 20.7. The molecule has 1 aromatic heterocycles. The highest BCUT2D eigenvalue weighted by atomic mass is 32.2. The minimum atomic E-state index is -3.96. The number of benzene rings is 2. The Balaban J connectivity index is 1.74. The van der Waals surface area contributed by atoms with Gasteiger partial charge in [-0.25, -0.2) is 12.8 Å². The average molecular weight is 514 g/mol. The van der Waals surface area contributed by atoms with Gasteiger partial charge in [-0.3, -0.25) is 9.88 Å². The fourth-order valence-corrected chi connectivity index (χ4v) is 6.30. The van der Waals surface area contributed by atoms with Gasteiger partial charge in [0.1, 0.15) is 22.6 Å². The van der Waals surface area contributed by atoms with Crippen molar-refractivity contribution in [1.82, 2.24) is 14.2 Å². The molecule has 3 atom stereocenters. The number of nitrogens with zero attached hydrogens (tertiary/aromatic N) is 3. The molecule has 1 N–H and O–H groups in total. The summed E-state index contributed by atoms with van der Waals surface area (Å²) in [6, 6.07) is 14.3. The number of likely N-dealkylation sites (N-methyl/N-ethyl adjacent to an activating group) is 1. The van der Waals surface area contributed by atoms with Crippen molar-refractivity contribution in [2.45, 2.75) is 37.4 Å². The minimum Gasteiger partial charge on any atom is -0.487 e. The molecule has 7 nitrogen and oxygen atoms in total. The van der Waals surface area contributed by atoms with Crippen molar-refractivity contribution in [3.8, 4) is 16.9 Å². The first-order chi connectivity index (χ1) is 17.2. The third-order valence-electron chi connectivity index (χ3n) is 6.55. The molecule has 0 bridgehead atoms. The van der Waals surface area contributed by atoms with Gasteiger partial charge in [-0.2, -0.15) is 4.31 Å². The summed E-state index contributed by atoms with van der Waals surface area (Å²) in [4.78, 5) is 6.19. The molecule has 0 fully saturated rings. The highest BCUT2D eigenvalue weighted by Gasteiger charge is 2.38. The number of fused-ring (bicyclic) bond motifs is 1. The fraction of sp³-hybridized carbons (Fsp3) is 0.370. The fourth-order valence-electron chi connectivity index (χ4n) is 4.48. The molecule has 0 spiro atoms. The van der Waals surface area contributed by atoms with E-state index in [9.17, 15) is 17.9 Å². The Kier molecular flexibility index (Phi) is 8.04. The van der Waals surface area contributed by atoms with Crippen LogP contribution >= 0.6 is 0 Å². The van der Waals surface area contributed by atoms with Crippen LogP contribution in [0.1, 0.15) is 19.4 Å². The first-order valence-electron chi connectivity index (χ1n) is 12.0. The standard InChI is InChI=1S/C27H32FN3O4S/c1-19-15-31(20(2)18-32)36(33,34)27-9-8-22(23-6-4-5-7-24(23)28)14-25(27)35-26(19)17-30(3)16-21-10-12-29-13-11-21/h4-14,19-20,26,32H,15-18H2,1-3H3/t19-,20+,26+/m0/s1. The van der Waals surface area contributed by atoms with E-state index < -0.39 is 21.9 Å². The Labute approximate surface area is 212 Å². The molecule has 0 saturated carbocycles. The third kappa shape index (κ3) is 5.59. The largest absolute Gasteiger partial charge is 0.487 e. The number of aliphatic hydroxyl groups excluding tert-OH is 1. The lowest BCUT2D eigenvalue weighted by molar-refractivity contribution is 0.0734. The van der Waals surface area contributed by atoms with Gasteiger partial charge < -0.3 is 9.84 Å². The summed E-state index contributed by atoms with van der Waals surface area (Å²) in [5.74, 6) is -0.401. The molecule has 0 radical (unpaired) electrons.